The Kier molecular flexibility index (Phi) is 6.95. The molecule has 8 heteroatoms. The summed E-state index contributed by atoms with van der Waals surface area (Å²) >= 11 is 0. The van der Waals surface area contributed by atoms with Crippen LogP contribution in [0.1, 0.15) is 0 Å². The van der Waals surface area contributed by atoms with Gasteiger partial charge in [0, 0.05) is 21.2 Å². The lowest BCUT2D eigenvalue weighted by Crippen LogP contribution is -2.40. The first-order chi connectivity index (χ1) is 16.3. The van der Waals surface area contributed by atoms with Gasteiger partial charge in [-0.25, -0.2) is 0 Å². The summed E-state index contributed by atoms with van der Waals surface area (Å²) in [5, 5.41) is 0.110. The highest BCUT2D eigenvalue weighted by Crippen LogP contribution is 2.61. The van der Waals surface area contributed by atoms with Crippen LogP contribution >= 0.6 is 14.5 Å². The van der Waals surface area contributed by atoms with Crippen molar-refractivity contribution in [2.45, 2.75) is 12.0 Å². The molecule has 0 aromatic heterocycles. The van der Waals surface area contributed by atoms with Crippen LogP contribution < -0.4 is 21.2 Å². The molecule has 4 aromatic carbocycles. The molecule has 0 fully saturated rings. The number of rotatable bonds is 7. The van der Waals surface area contributed by atoms with E-state index in [1.54, 1.807) is 48.5 Å². The molecule has 4 aromatic rings. The topological polar surface area (TPSA) is 43.4 Å². The third-order valence-electron chi connectivity index (χ3n) is 5.33. The maximum atomic E-state index is 14.7. The van der Waals surface area contributed by atoms with E-state index in [9.17, 15) is 22.3 Å². The van der Waals surface area contributed by atoms with Crippen LogP contribution in [0.5, 0.6) is 0 Å². The fraction of sp³-hybridized carbons (Fsp3) is 0.0769. The number of benzene rings is 4. The van der Waals surface area contributed by atoms with Crippen LogP contribution in [-0.4, -0.2) is 12.0 Å². The highest BCUT2D eigenvalue weighted by atomic mass is 31.2. The quantitative estimate of drug-likeness (QED) is 0.300. The van der Waals surface area contributed by atoms with Crippen molar-refractivity contribution in [1.29, 1.82) is 0 Å². The highest BCUT2D eigenvalue weighted by molar-refractivity contribution is 7.80. The van der Waals surface area contributed by atoms with Crippen LogP contribution in [-0.2, 0) is 13.7 Å². The number of hydrogen-bond donors (Lipinski definition) is 0. The van der Waals surface area contributed by atoms with Gasteiger partial charge in [-0.1, -0.05) is 97.1 Å². The fourth-order valence-corrected chi connectivity index (χ4v) is 9.19. The Balaban J connectivity index is 1.97. The van der Waals surface area contributed by atoms with Gasteiger partial charge in [0.15, 0.2) is 7.14 Å². The zero-order chi connectivity index (χ0) is 24.2. The number of hydrogen-bond acceptors (Lipinski definition) is 3. The SMILES string of the molecule is O=P(OC(C(F)(F)F)P(=O)(c1ccccc1)c1ccccc1)(c1ccccc1)c1ccccc1. The second-order valence-electron chi connectivity index (χ2n) is 7.55. The van der Waals surface area contributed by atoms with Gasteiger partial charge in [0.1, 0.15) is 0 Å². The molecule has 4 rings (SSSR count). The minimum atomic E-state index is -5.08. The van der Waals surface area contributed by atoms with Gasteiger partial charge in [0.05, 0.1) is 0 Å². The van der Waals surface area contributed by atoms with Gasteiger partial charge in [0.2, 0.25) is 5.85 Å². The minimum Gasteiger partial charge on any atom is -0.311 e. The summed E-state index contributed by atoms with van der Waals surface area (Å²) in [6, 6.07) is 30.3. The van der Waals surface area contributed by atoms with E-state index in [-0.39, 0.29) is 21.2 Å². The number of alkyl halides is 3. The molecule has 0 heterocycles. The minimum absolute atomic E-state index is 0.0313. The summed E-state index contributed by atoms with van der Waals surface area (Å²) in [6.07, 6.45) is -5.08. The molecular formula is C26H21F3O3P2. The van der Waals surface area contributed by atoms with Gasteiger partial charge < -0.3 is 9.09 Å². The van der Waals surface area contributed by atoms with Crippen molar-refractivity contribution < 1.29 is 26.8 Å². The summed E-state index contributed by atoms with van der Waals surface area (Å²) < 4.78 is 78.7. The lowest BCUT2D eigenvalue weighted by molar-refractivity contribution is -0.168. The maximum absolute atomic E-state index is 14.7. The summed E-state index contributed by atoms with van der Waals surface area (Å²) in [7, 11) is -8.82. The molecule has 1 atom stereocenters. The van der Waals surface area contributed by atoms with E-state index in [0.717, 1.165) is 0 Å². The van der Waals surface area contributed by atoms with Crippen molar-refractivity contribution in [3.63, 3.8) is 0 Å². The summed E-state index contributed by atoms with van der Waals surface area (Å²) in [5.41, 5.74) is 0. The van der Waals surface area contributed by atoms with Gasteiger partial charge in [-0.2, -0.15) is 13.2 Å². The van der Waals surface area contributed by atoms with Crippen LogP contribution in [0.2, 0.25) is 0 Å². The molecule has 0 aliphatic heterocycles. The monoisotopic (exact) mass is 500 g/mol. The van der Waals surface area contributed by atoms with E-state index in [1.807, 2.05) is 0 Å². The molecule has 3 nitrogen and oxygen atoms in total. The van der Waals surface area contributed by atoms with Crippen molar-refractivity contribution in [3.05, 3.63) is 121 Å². The molecule has 0 amide bonds. The maximum Gasteiger partial charge on any atom is 0.422 e. The Labute approximate surface area is 196 Å². The smallest absolute Gasteiger partial charge is 0.311 e. The zero-order valence-electron chi connectivity index (χ0n) is 17.9. The average Bonchev–Trinajstić information content (AvgIpc) is 2.88. The van der Waals surface area contributed by atoms with E-state index < -0.39 is 26.5 Å². The van der Waals surface area contributed by atoms with E-state index in [1.165, 1.54) is 72.8 Å². The van der Waals surface area contributed by atoms with Gasteiger partial charge in [-0.15, -0.1) is 0 Å². The first kappa shape index (κ1) is 24.2. The number of halogens is 3. The van der Waals surface area contributed by atoms with E-state index in [4.69, 9.17) is 4.52 Å². The van der Waals surface area contributed by atoms with Gasteiger partial charge >= 0.3 is 6.18 Å². The summed E-state index contributed by atoms with van der Waals surface area (Å²) in [6.45, 7) is 0. The van der Waals surface area contributed by atoms with E-state index in [0.29, 0.717) is 0 Å². The second kappa shape index (κ2) is 9.76. The molecular weight excluding hydrogens is 479 g/mol. The van der Waals surface area contributed by atoms with Gasteiger partial charge in [0.25, 0.3) is 7.37 Å². The Morgan fingerprint density at radius 1 is 0.529 bits per heavy atom. The molecule has 0 spiro atoms. The third-order valence-corrected chi connectivity index (χ3v) is 11.1. The summed E-state index contributed by atoms with van der Waals surface area (Å²) in [4.78, 5) is 0. The molecule has 174 valence electrons. The summed E-state index contributed by atoms with van der Waals surface area (Å²) in [5.74, 6) is -2.84. The normalized spacial score (nSPS) is 13.4. The third kappa shape index (κ3) is 4.67. The Morgan fingerprint density at radius 3 is 1.12 bits per heavy atom. The lowest BCUT2D eigenvalue weighted by Gasteiger charge is -2.33. The van der Waals surface area contributed by atoms with Crippen LogP contribution in [0, 0.1) is 0 Å². The van der Waals surface area contributed by atoms with Crippen molar-refractivity contribution in [2.24, 2.45) is 0 Å². The molecule has 0 aliphatic carbocycles. The van der Waals surface area contributed by atoms with Gasteiger partial charge in [-0.3, -0.25) is 4.57 Å². The van der Waals surface area contributed by atoms with Crippen molar-refractivity contribution in [1.82, 2.24) is 0 Å². The Morgan fingerprint density at radius 2 is 0.824 bits per heavy atom. The molecule has 0 aliphatic rings. The van der Waals surface area contributed by atoms with E-state index in [2.05, 4.69) is 0 Å². The van der Waals surface area contributed by atoms with Crippen LogP contribution in [0.4, 0.5) is 13.2 Å². The van der Waals surface area contributed by atoms with Crippen LogP contribution in [0.25, 0.3) is 0 Å². The van der Waals surface area contributed by atoms with Crippen LogP contribution in [0.15, 0.2) is 121 Å². The second-order valence-corrected chi connectivity index (χ2v) is 12.7. The molecule has 0 saturated heterocycles. The first-order valence-corrected chi connectivity index (χ1v) is 13.8. The predicted molar refractivity (Wildman–Crippen MR) is 130 cm³/mol. The molecule has 34 heavy (non-hydrogen) atoms. The van der Waals surface area contributed by atoms with E-state index >= 15 is 0 Å². The van der Waals surface area contributed by atoms with Gasteiger partial charge in [-0.05, 0) is 24.3 Å². The largest absolute Gasteiger partial charge is 0.422 e. The molecule has 0 bridgehead atoms. The highest BCUT2D eigenvalue weighted by Gasteiger charge is 2.57. The molecule has 0 saturated carbocycles. The lowest BCUT2D eigenvalue weighted by atomic mass is 10.4. The molecule has 1 unspecified atom stereocenters. The molecule has 0 N–H and O–H groups in total. The van der Waals surface area contributed by atoms with Crippen molar-refractivity contribution in [3.8, 4) is 0 Å². The Bertz CT molecular complexity index is 1230. The Hall–Kier alpha value is -2.91. The average molecular weight is 500 g/mol. The fourth-order valence-electron chi connectivity index (χ4n) is 3.71. The van der Waals surface area contributed by atoms with Crippen molar-refractivity contribution >= 4 is 35.7 Å². The van der Waals surface area contributed by atoms with Crippen LogP contribution in [0.3, 0.4) is 0 Å². The zero-order valence-corrected chi connectivity index (χ0v) is 19.7. The van der Waals surface area contributed by atoms with Crippen molar-refractivity contribution in [2.75, 3.05) is 0 Å². The predicted octanol–water partition coefficient (Wildman–Crippen LogP) is 5.83. The first-order valence-electron chi connectivity index (χ1n) is 10.4. The standard InChI is InChI=1S/C26H21F3O3P2/c27-26(28,29)25(33(30,21-13-5-1-6-14-21)22-15-7-2-8-16-22)32-34(31,23-17-9-3-10-18-23)24-19-11-4-12-20-24/h1-20,25H. The molecule has 0 radical (unpaired) electrons.